The van der Waals surface area contributed by atoms with Crippen LogP contribution in [0, 0.1) is 0 Å². The van der Waals surface area contributed by atoms with Crippen LogP contribution in [0.15, 0.2) is 18.2 Å². The van der Waals surface area contributed by atoms with Gasteiger partial charge >= 0.3 is 5.97 Å². The Morgan fingerprint density at radius 1 is 1.47 bits per heavy atom. The SMILES string of the molecule is COC(=O)c1ccc(C(O)C(O)CN)c(O)c1. The van der Waals surface area contributed by atoms with Crippen molar-refractivity contribution in [3.63, 3.8) is 0 Å². The van der Waals surface area contributed by atoms with Gasteiger partial charge in [0, 0.05) is 12.1 Å². The molecule has 0 aliphatic rings. The van der Waals surface area contributed by atoms with Gasteiger partial charge in [-0.2, -0.15) is 0 Å². The Bertz CT molecular complexity index is 407. The van der Waals surface area contributed by atoms with Gasteiger partial charge < -0.3 is 25.8 Å². The minimum atomic E-state index is -1.30. The van der Waals surface area contributed by atoms with Gasteiger partial charge in [0.1, 0.15) is 11.9 Å². The highest BCUT2D eigenvalue weighted by molar-refractivity contribution is 5.89. The van der Waals surface area contributed by atoms with E-state index in [1.165, 1.54) is 19.2 Å². The molecule has 0 aliphatic heterocycles. The molecule has 1 aromatic carbocycles. The summed E-state index contributed by atoms with van der Waals surface area (Å²) < 4.78 is 4.48. The Balaban J connectivity index is 3.01. The summed E-state index contributed by atoms with van der Waals surface area (Å²) in [6, 6.07) is 3.88. The van der Waals surface area contributed by atoms with Crippen molar-refractivity contribution in [1.82, 2.24) is 0 Å². The summed E-state index contributed by atoms with van der Waals surface area (Å²) in [5.74, 6) is -0.895. The summed E-state index contributed by atoms with van der Waals surface area (Å²) in [5, 5.41) is 28.6. The maximum Gasteiger partial charge on any atom is 0.337 e. The molecule has 1 rings (SSSR count). The van der Waals surface area contributed by atoms with Crippen LogP contribution >= 0.6 is 0 Å². The Kier molecular flexibility index (Phi) is 4.45. The molecular weight excluding hydrogens is 226 g/mol. The van der Waals surface area contributed by atoms with E-state index in [-0.39, 0.29) is 23.4 Å². The first kappa shape index (κ1) is 13.4. The number of hydrogen-bond acceptors (Lipinski definition) is 6. The van der Waals surface area contributed by atoms with Crippen LogP contribution in [0.3, 0.4) is 0 Å². The maximum absolute atomic E-state index is 11.2. The number of nitrogens with two attached hydrogens (primary N) is 1. The van der Waals surface area contributed by atoms with E-state index in [0.29, 0.717) is 0 Å². The van der Waals surface area contributed by atoms with Crippen LogP contribution in [0.25, 0.3) is 0 Å². The minimum absolute atomic E-state index is 0.107. The highest BCUT2D eigenvalue weighted by atomic mass is 16.5. The molecule has 0 amide bonds. The lowest BCUT2D eigenvalue weighted by Crippen LogP contribution is -2.27. The lowest BCUT2D eigenvalue weighted by molar-refractivity contribution is 0.0229. The number of aliphatic hydroxyl groups is 2. The summed E-state index contributed by atoms with van der Waals surface area (Å²) in [5.41, 5.74) is 5.46. The molecule has 17 heavy (non-hydrogen) atoms. The van der Waals surface area contributed by atoms with E-state index in [2.05, 4.69) is 4.74 Å². The predicted octanol–water partition coefficient (Wildman–Crippen LogP) is -0.468. The highest BCUT2D eigenvalue weighted by Gasteiger charge is 2.21. The van der Waals surface area contributed by atoms with Crippen molar-refractivity contribution < 1.29 is 24.9 Å². The van der Waals surface area contributed by atoms with Crippen LogP contribution in [-0.2, 0) is 4.74 Å². The largest absolute Gasteiger partial charge is 0.508 e. The van der Waals surface area contributed by atoms with Crippen LogP contribution in [0.4, 0.5) is 0 Å². The molecule has 0 aromatic heterocycles. The van der Waals surface area contributed by atoms with Crippen molar-refractivity contribution in [1.29, 1.82) is 0 Å². The molecule has 0 aliphatic carbocycles. The van der Waals surface area contributed by atoms with Crippen LogP contribution in [-0.4, -0.2) is 41.0 Å². The predicted molar refractivity (Wildman–Crippen MR) is 59.5 cm³/mol. The van der Waals surface area contributed by atoms with E-state index in [1.54, 1.807) is 0 Å². The van der Waals surface area contributed by atoms with Gasteiger partial charge in [-0.05, 0) is 12.1 Å². The van der Waals surface area contributed by atoms with Gasteiger partial charge in [-0.15, -0.1) is 0 Å². The van der Waals surface area contributed by atoms with E-state index in [0.717, 1.165) is 6.07 Å². The average molecular weight is 241 g/mol. The third-order valence-corrected chi connectivity index (χ3v) is 2.38. The van der Waals surface area contributed by atoms with E-state index >= 15 is 0 Å². The Morgan fingerprint density at radius 2 is 2.12 bits per heavy atom. The number of carbonyl (C=O) groups is 1. The second kappa shape index (κ2) is 5.62. The van der Waals surface area contributed by atoms with Gasteiger partial charge in [-0.25, -0.2) is 4.79 Å². The number of aliphatic hydroxyl groups excluding tert-OH is 2. The normalized spacial score (nSPS) is 14.1. The topological polar surface area (TPSA) is 113 Å². The molecule has 1 aromatic rings. The lowest BCUT2D eigenvalue weighted by Gasteiger charge is -2.17. The number of hydrogen-bond donors (Lipinski definition) is 4. The standard InChI is InChI=1S/C11H15NO5/c1-17-11(16)6-2-3-7(8(13)4-6)10(15)9(14)5-12/h2-4,9-10,13-15H,5,12H2,1H3. The van der Waals surface area contributed by atoms with E-state index in [9.17, 15) is 20.1 Å². The average Bonchev–Trinajstić information content (AvgIpc) is 2.35. The van der Waals surface area contributed by atoms with Crippen molar-refractivity contribution >= 4 is 5.97 Å². The highest BCUT2D eigenvalue weighted by Crippen LogP contribution is 2.27. The first-order valence-electron chi connectivity index (χ1n) is 4.98. The molecule has 2 unspecified atom stereocenters. The third kappa shape index (κ3) is 2.94. The second-order valence-corrected chi connectivity index (χ2v) is 3.51. The van der Waals surface area contributed by atoms with Gasteiger partial charge in [0.2, 0.25) is 0 Å². The molecule has 5 N–H and O–H groups in total. The molecule has 6 heteroatoms. The van der Waals surface area contributed by atoms with E-state index in [4.69, 9.17) is 5.73 Å². The molecule has 94 valence electrons. The molecule has 2 atom stereocenters. The van der Waals surface area contributed by atoms with Crippen LogP contribution in [0.2, 0.25) is 0 Å². The fraction of sp³-hybridized carbons (Fsp3) is 0.364. The molecule has 6 nitrogen and oxygen atoms in total. The number of phenols is 1. The number of benzene rings is 1. The molecule has 0 heterocycles. The van der Waals surface area contributed by atoms with E-state index in [1.807, 2.05) is 0 Å². The number of carbonyl (C=O) groups excluding carboxylic acids is 1. The maximum atomic E-state index is 11.2. The molecule has 0 saturated carbocycles. The number of phenolic OH excluding ortho intramolecular Hbond substituents is 1. The molecule has 0 saturated heterocycles. The molecule has 0 spiro atoms. The number of ether oxygens (including phenoxy) is 1. The number of rotatable bonds is 4. The van der Waals surface area contributed by atoms with Gasteiger partial charge in [-0.3, -0.25) is 0 Å². The smallest absolute Gasteiger partial charge is 0.337 e. The van der Waals surface area contributed by atoms with Gasteiger partial charge in [0.05, 0.1) is 18.8 Å². The Hall–Kier alpha value is -1.63. The summed E-state index contributed by atoms with van der Waals surface area (Å²) in [4.78, 5) is 11.2. The first-order valence-corrected chi connectivity index (χ1v) is 4.98. The van der Waals surface area contributed by atoms with Crippen LogP contribution in [0.5, 0.6) is 5.75 Å². The van der Waals surface area contributed by atoms with Crippen molar-refractivity contribution in [2.24, 2.45) is 5.73 Å². The summed E-state index contributed by atoms with van der Waals surface area (Å²) in [6.07, 6.45) is -2.48. The Morgan fingerprint density at radius 3 is 2.59 bits per heavy atom. The first-order chi connectivity index (χ1) is 8.01. The zero-order chi connectivity index (χ0) is 13.0. The van der Waals surface area contributed by atoms with Crippen molar-refractivity contribution in [3.05, 3.63) is 29.3 Å². The van der Waals surface area contributed by atoms with Crippen LogP contribution in [0.1, 0.15) is 22.0 Å². The molecule has 0 fully saturated rings. The van der Waals surface area contributed by atoms with Crippen molar-refractivity contribution in [3.8, 4) is 5.75 Å². The number of methoxy groups -OCH3 is 1. The number of esters is 1. The van der Waals surface area contributed by atoms with Gasteiger partial charge in [0.25, 0.3) is 0 Å². The van der Waals surface area contributed by atoms with Gasteiger partial charge in [-0.1, -0.05) is 6.07 Å². The number of aromatic hydroxyl groups is 1. The fourth-order valence-corrected chi connectivity index (χ4v) is 1.37. The van der Waals surface area contributed by atoms with E-state index < -0.39 is 18.2 Å². The third-order valence-electron chi connectivity index (χ3n) is 2.38. The fourth-order valence-electron chi connectivity index (χ4n) is 1.37. The van der Waals surface area contributed by atoms with Crippen molar-refractivity contribution in [2.45, 2.75) is 12.2 Å². The van der Waals surface area contributed by atoms with Crippen LogP contribution < -0.4 is 5.73 Å². The zero-order valence-electron chi connectivity index (χ0n) is 9.33. The minimum Gasteiger partial charge on any atom is -0.508 e. The van der Waals surface area contributed by atoms with Gasteiger partial charge in [0.15, 0.2) is 0 Å². The summed E-state index contributed by atoms with van der Waals surface area (Å²) in [6.45, 7) is -0.140. The molecular formula is C11H15NO5. The lowest BCUT2D eigenvalue weighted by atomic mass is 10.0. The summed E-state index contributed by atoms with van der Waals surface area (Å²) >= 11 is 0. The molecule has 0 bridgehead atoms. The second-order valence-electron chi connectivity index (χ2n) is 3.51. The monoisotopic (exact) mass is 241 g/mol. The molecule has 0 radical (unpaired) electrons. The van der Waals surface area contributed by atoms with Crippen molar-refractivity contribution in [2.75, 3.05) is 13.7 Å². The zero-order valence-corrected chi connectivity index (χ0v) is 9.33. The Labute approximate surface area is 98.3 Å². The summed E-state index contributed by atoms with van der Waals surface area (Å²) in [7, 11) is 1.22. The quantitative estimate of drug-likeness (QED) is 0.530.